The number of benzene rings is 1. The topological polar surface area (TPSA) is 80.5 Å². The fourth-order valence-corrected chi connectivity index (χ4v) is 4.16. The lowest BCUT2D eigenvalue weighted by molar-refractivity contribution is -0.387. The molecule has 7 heteroatoms. The van der Waals surface area contributed by atoms with Gasteiger partial charge < -0.3 is 4.90 Å². The lowest BCUT2D eigenvalue weighted by atomic mass is 9.89. The second kappa shape index (κ2) is 6.86. The van der Waals surface area contributed by atoms with Gasteiger partial charge >= 0.3 is 0 Å². The molecule has 0 saturated carbocycles. The molecular weight excluding hydrogens is 316 g/mol. The molecule has 1 aromatic rings. The first-order valence-corrected chi connectivity index (χ1v) is 9.81. The fourth-order valence-electron chi connectivity index (χ4n) is 3.31. The van der Waals surface area contributed by atoms with E-state index in [-0.39, 0.29) is 10.6 Å². The summed E-state index contributed by atoms with van der Waals surface area (Å²) in [7, 11) is -3.64. The van der Waals surface area contributed by atoms with Crippen LogP contribution in [-0.2, 0) is 9.84 Å². The maximum absolute atomic E-state index is 11.9. The number of hydrogen-bond donors (Lipinski definition) is 0. The molecule has 23 heavy (non-hydrogen) atoms. The van der Waals surface area contributed by atoms with Gasteiger partial charge in [-0.05, 0) is 43.2 Å². The molecule has 0 amide bonds. The van der Waals surface area contributed by atoms with Crippen molar-refractivity contribution in [2.24, 2.45) is 11.8 Å². The highest BCUT2D eigenvalue weighted by atomic mass is 32.2. The molecule has 2 rings (SSSR count). The number of hydrogen-bond acceptors (Lipinski definition) is 5. The van der Waals surface area contributed by atoms with Crippen LogP contribution in [0.3, 0.4) is 0 Å². The number of rotatable bonds is 5. The van der Waals surface area contributed by atoms with Crippen molar-refractivity contribution in [2.45, 2.75) is 38.0 Å². The molecule has 0 aliphatic carbocycles. The molecule has 1 fully saturated rings. The van der Waals surface area contributed by atoms with Crippen LogP contribution in [0.25, 0.3) is 0 Å². The SMILES string of the molecule is CC(C)CC1CCCN(c2ccc([N+](=O)[O-])c(S(C)(=O)=O)c2)C1. The standard InChI is InChI=1S/C16H24N2O4S/c1-12(2)9-13-5-4-8-17(11-13)14-6-7-15(18(19)20)16(10-14)23(3,21)22/h6-7,10,12-13H,4-5,8-9,11H2,1-3H3. The van der Waals surface area contributed by atoms with Crippen molar-refractivity contribution in [1.29, 1.82) is 0 Å². The van der Waals surface area contributed by atoms with Crippen LogP contribution in [0.2, 0.25) is 0 Å². The number of anilines is 1. The van der Waals surface area contributed by atoms with Gasteiger partial charge in [0.15, 0.2) is 9.84 Å². The Bertz CT molecular complexity index is 685. The van der Waals surface area contributed by atoms with Crippen molar-refractivity contribution in [1.82, 2.24) is 0 Å². The van der Waals surface area contributed by atoms with E-state index in [1.165, 1.54) is 18.6 Å². The Labute approximate surface area is 137 Å². The molecule has 6 nitrogen and oxygen atoms in total. The van der Waals surface area contributed by atoms with Crippen LogP contribution in [0.4, 0.5) is 11.4 Å². The summed E-state index contributed by atoms with van der Waals surface area (Å²) >= 11 is 0. The highest BCUT2D eigenvalue weighted by Crippen LogP contribution is 2.32. The highest BCUT2D eigenvalue weighted by Gasteiger charge is 2.26. The van der Waals surface area contributed by atoms with E-state index in [2.05, 4.69) is 18.7 Å². The normalized spacial score (nSPS) is 19.1. The molecule has 1 atom stereocenters. The number of nitro benzene ring substituents is 1. The zero-order chi connectivity index (χ0) is 17.2. The van der Waals surface area contributed by atoms with Crippen LogP contribution in [0.5, 0.6) is 0 Å². The van der Waals surface area contributed by atoms with Crippen molar-refractivity contribution in [3.63, 3.8) is 0 Å². The Balaban J connectivity index is 2.31. The van der Waals surface area contributed by atoms with Crippen molar-refractivity contribution in [3.05, 3.63) is 28.3 Å². The van der Waals surface area contributed by atoms with Gasteiger partial charge in [0.05, 0.1) is 4.92 Å². The van der Waals surface area contributed by atoms with Crippen LogP contribution >= 0.6 is 0 Å². The van der Waals surface area contributed by atoms with Gasteiger partial charge in [-0.2, -0.15) is 0 Å². The van der Waals surface area contributed by atoms with Crippen molar-refractivity contribution < 1.29 is 13.3 Å². The van der Waals surface area contributed by atoms with Crippen molar-refractivity contribution in [2.75, 3.05) is 24.2 Å². The molecule has 0 aromatic heterocycles. The first-order valence-electron chi connectivity index (χ1n) is 7.92. The second-order valence-electron chi connectivity index (χ2n) is 6.77. The molecule has 1 heterocycles. The zero-order valence-electron chi connectivity index (χ0n) is 13.9. The zero-order valence-corrected chi connectivity index (χ0v) is 14.7. The molecule has 1 aromatic carbocycles. The summed E-state index contributed by atoms with van der Waals surface area (Å²) in [5.41, 5.74) is 0.400. The largest absolute Gasteiger partial charge is 0.371 e. The molecular formula is C16H24N2O4S. The summed E-state index contributed by atoms with van der Waals surface area (Å²) in [6, 6.07) is 4.41. The van der Waals surface area contributed by atoms with E-state index in [9.17, 15) is 18.5 Å². The summed E-state index contributed by atoms with van der Waals surface area (Å²) in [5.74, 6) is 1.21. The molecule has 1 unspecified atom stereocenters. The quantitative estimate of drug-likeness (QED) is 0.607. The third-order valence-electron chi connectivity index (χ3n) is 4.23. The van der Waals surface area contributed by atoms with Gasteiger partial charge in [0.2, 0.25) is 0 Å². The summed E-state index contributed by atoms with van der Waals surface area (Å²) in [6.07, 6.45) is 4.39. The predicted molar refractivity (Wildman–Crippen MR) is 90.6 cm³/mol. The fraction of sp³-hybridized carbons (Fsp3) is 0.625. The number of nitro groups is 1. The van der Waals surface area contributed by atoms with Crippen LogP contribution in [-0.4, -0.2) is 32.7 Å². The molecule has 1 saturated heterocycles. The van der Waals surface area contributed by atoms with E-state index < -0.39 is 14.8 Å². The van der Waals surface area contributed by atoms with Gasteiger partial charge in [0.25, 0.3) is 5.69 Å². The van der Waals surface area contributed by atoms with Gasteiger partial charge in [-0.15, -0.1) is 0 Å². The van der Waals surface area contributed by atoms with E-state index in [0.29, 0.717) is 11.8 Å². The van der Waals surface area contributed by atoms with Gasteiger partial charge in [-0.1, -0.05) is 13.8 Å². The van der Waals surface area contributed by atoms with Crippen LogP contribution in [0.1, 0.15) is 33.1 Å². The lowest BCUT2D eigenvalue weighted by Gasteiger charge is -2.35. The maximum Gasteiger partial charge on any atom is 0.288 e. The second-order valence-corrected chi connectivity index (χ2v) is 8.75. The number of nitrogens with zero attached hydrogens (tertiary/aromatic N) is 2. The number of sulfone groups is 1. The Morgan fingerprint density at radius 1 is 1.39 bits per heavy atom. The lowest BCUT2D eigenvalue weighted by Crippen LogP contribution is -2.36. The van der Waals surface area contributed by atoms with E-state index in [1.807, 2.05) is 0 Å². The summed E-state index contributed by atoms with van der Waals surface area (Å²) in [4.78, 5) is 12.4. The molecule has 0 radical (unpaired) electrons. The minimum Gasteiger partial charge on any atom is -0.371 e. The molecule has 1 aliphatic rings. The molecule has 1 aliphatic heterocycles. The Morgan fingerprint density at radius 3 is 2.65 bits per heavy atom. The molecule has 128 valence electrons. The molecule has 0 N–H and O–H groups in total. The number of piperidine rings is 1. The summed E-state index contributed by atoms with van der Waals surface area (Å²) < 4.78 is 23.8. The smallest absolute Gasteiger partial charge is 0.288 e. The Hall–Kier alpha value is -1.63. The van der Waals surface area contributed by atoms with E-state index >= 15 is 0 Å². The average Bonchev–Trinajstić information content (AvgIpc) is 2.45. The van der Waals surface area contributed by atoms with Crippen LogP contribution in [0, 0.1) is 22.0 Å². The van der Waals surface area contributed by atoms with Crippen LogP contribution < -0.4 is 4.90 Å². The monoisotopic (exact) mass is 340 g/mol. The average molecular weight is 340 g/mol. The summed E-state index contributed by atoms with van der Waals surface area (Å²) in [6.45, 7) is 6.13. The Kier molecular flexibility index (Phi) is 5.29. The van der Waals surface area contributed by atoms with Gasteiger partial charge in [-0.25, -0.2) is 8.42 Å². The van der Waals surface area contributed by atoms with Crippen molar-refractivity contribution >= 4 is 21.2 Å². The maximum atomic E-state index is 11.9. The minimum absolute atomic E-state index is 0.203. The van der Waals surface area contributed by atoms with Crippen LogP contribution in [0.15, 0.2) is 23.1 Å². The Morgan fingerprint density at radius 2 is 2.09 bits per heavy atom. The van der Waals surface area contributed by atoms with Gasteiger partial charge in [0.1, 0.15) is 4.90 Å². The van der Waals surface area contributed by atoms with Gasteiger partial charge in [-0.3, -0.25) is 10.1 Å². The summed E-state index contributed by atoms with van der Waals surface area (Å²) in [5, 5.41) is 11.1. The minimum atomic E-state index is -3.64. The van der Waals surface area contributed by atoms with E-state index in [1.54, 1.807) is 6.07 Å². The third kappa shape index (κ3) is 4.43. The van der Waals surface area contributed by atoms with E-state index in [4.69, 9.17) is 0 Å². The molecule has 0 spiro atoms. The first-order chi connectivity index (χ1) is 10.7. The highest BCUT2D eigenvalue weighted by molar-refractivity contribution is 7.90. The first kappa shape index (κ1) is 17.7. The van der Waals surface area contributed by atoms with Gasteiger partial charge in [0, 0.05) is 31.1 Å². The third-order valence-corrected chi connectivity index (χ3v) is 5.35. The van der Waals surface area contributed by atoms with Crippen molar-refractivity contribution in [3.8, 4) is 0 Å². The molecule has 0 bridgehead atoms. The predicted octanol–water partition coefficient (Wildman–Crippen LogP) is 3.26. The van der Waals surface area contributed by atoms with E-state index in [0.717, 1.165) is 37.9 Å².